The lowest BCUT2D eigenvalue weighted by Crippen LogP contribution is -2.35. The van der Waals surface area contributed by atoms with Crippen LogP contribution in [0.4, 0.5) is 5.95 Å². The third kappa shape index (κ3) is 2.95. The molecule has 0 radical (unpaired) electrons. The van der Waals surface area contributed by atoms with Gasteiger partial charge in [-0.15, -0.1) is 0 Å². The largest absolute Gasteiger partial charge is 0.338 e. The van der Waals surface area contributed by atoms with Crippen LogP contribution in [0, 0.1) is 0 Å². The Morgan fingerprint density at radius 2 is 2.00 bits per heavy atom. The Balaban J connectivity index is 1.91. The van der Waals surface area contributed by atoms with Crippen LogP contribution in [0.25, 0.3) is 0 Å². The predicted molar refractivity (Wildman–Crippen MR) is 62.3 cm³/mol. The highest BCUT2D eigenvalue weighted by Crippen LogP contribution is 2.16. The van der Waals surface area contributed by atoms with E-state index >= 15 is 0 Å². The third-order valence-corrected chi connectivity index (χ3v) is 2.62. The van der Waals surface area contributed by atoms with E-state index in [2.05, 4.69) is 41.1 Å². The summed E-state index contributed by atoms with van der Waals surface area (Å²) < 4.78 is 5.21. The highest BCUT2D eigenvalue weighted by Gasteiger charge is 2.18. The van der Waals surface area contributed by atoms with Gasteiger partial charge in [-0.3, -0.25) is 0 Å². The van der Waals surface area contributed by atoms with E-state index in [9.17, 15) is 0 Å². The van der Waals surface area contributed by atoms with Crippen molar-refractivity contribution in [3.63, 3.8) is 0 Å². The minimum absolute atomic E-state index is 0.0717. The number of anilines is 1. The molecule has 90 valence electrons. The number of nitrogens with zero attached hydrogens (tertiary/aromatic N) is 3. The van der Waals surface area contributed by atoms with Crippen LogP contribution in [-0.2, 0) is 6.54 Å². The minimum Gasteiger partial charge on any atom is -0.338 e. The zero-order valence-electron chi connectivity index (χ0n) is 10.3. The molecule has 5 heteroatoms. The van der Waals surface area contributed by atoms with Crippen molar-refractivity contribution >= 4 is 5.95 Å². The number of nitrogens with one attached hydrogen (secondary N) is 1. The number of rotatable bonds is 3. The molecule has 0 saturated carbocycles. The fourth-order valence-corrected chi connectivity index (χ4v) is 1.70. The van der Waals surface area contributed by atoms with Crippen molar-refractivity contribution in [3.8, 4) is 0 Å². The van der Waals surface area contributed by atoms with E-state index < -0.39 is 0 Å². The summed E-state index contributed by atoms with van der Waals surface area (Å²) in [6, 6.07) is 0. The van der Waals surface area contributed by atoms with E-state index in [4.69, 9.17) is 4.52 Å². The smallest absolute Gasteiger partial charge is 0.266 e. The molecule has 1 aromatic heterocycles. The summed E-state index contributed by atoms with van der Waals surface area (Å²) in [5.41, 5.74) is 0.0717. The molecule has 0 atom stereocenters. The second kappa shape index (κ2) is 4.41. The Labute approximate surface area is 96.2 Å². The van der Waals surface area contributed by atoms with Gasteiger partial charge in [0, 0.05) is 18.6 Å². The molecule has 2 rings (SSSR count). The summed E-state index contributed by atoms with van der Waals surface area (Å²) in [7, 11) is 0. The van der Waals surface area contributed by atoms with Crippen molar-refractivity contribution in [2.75, 3.05) is 18.0 Å². The van der Waals surface area contributed by atoms with Crippen molar-refractivity contribution in [3.05, 3.63) is 5.89 Å². The average molecular weight is 224 g/mol. The molecule has 16 heavy (non-hydrogen) atoms. The Kier molecular flexibility index (Phi) is 3.14. The molecule has 5 nitrogen and oxygen atoms in total. The van der Waals surface area contributed by atoms with Crippen LogP contribution in [0.2, 0.25) is 0 Å². The molecule has 1 aromatic rings. The molecule has 1 N–H and O–H groups in total. The van der Waals surface area contributed by atoms with Gasteiger partial charge in [0.2, 0.25) is 5.89 Å². The summed E-state index contributed by atoms with van der Waals surface area (Å²) >= 11 is 0. The van der Waals surface area contributed by atoms with E-state index in [1.807, 2.05) is 0 Å². The van der Waals surface area contributed by atoms with Crippen LogP contribution >= 0.6 is 0 Å². The molecule has 0 aliphatic carbocycles. The minimum atomic E-state index is 0.0717. The first kappa shape index (κ1) is 11.4. The molecule has 0 aromatic carbocycles. The lowest BCUT2D eigenvalue weighted by atomic mass is 10.1. The molecule has 0 amide bonds. The third-order valence-electron chi connectivity index (χ3n) is 2.62. The first-order chi connectivity index (χ1) is 7.54. The SMILES string of the molecule is CC(C)(C)NCc1nc(N2CCCC2)no1. The lowest BCUT2D eigenvalue weighted by molar-refractivity contribution is 0.336. The van der Waals surface area contributed by atoms with Gasteiger partial charge >= 0.3 is 0 Å². The van der Waals surface area contributed by atoms with Gasteiger partial charge < -0.3 is 14.7 Å². The quantitative estimate of drug-likeness (QED) is 0.844. The maximum Gasteiger partial charge on any atom is 0.266 e. The molecule has 0 unspecified atom stereocenters. The van der Waals surface area contributed by atoms with E-state index in [0.717, 1.165) is 19.0 Å². The summed E-state index contributed by atoms with van der Waals surface area (Å²) in [5, 5.41) is 7.33. The Morgan fingerprint density at radius 3 is 2.62 bits per heavy atom. The second-order valence-electron chi connectivity index (χ2n) is 5.29. The maximum atomic E-state index is 5.21. The van der Waals surface area contributed by atoms with E-state index in [-0.39, 0.29) is 5.54 Å². The van der Waals surface area contributed by atoms with Crippen LogP contribution in [0.1, 0.15) is 39.5 Å². The second-order valence-corrected chi connectivity index (χ2v) is 5.29. The number of hydrogen-bond acceptors (Lipinski definition) is 5. The summed E-state index contributed by atoms with van der Waals surface area (Å²) in [5.74, 6) is 1.40. The van der Waals surface area contributed by atoms with Gasteiger partial charge in [0.15, 0.2) is 0 Å². The van der Waals surface area contributed by atoms with Crippen molar-refractivity contribution in [1.29, 1.82) is 0 Å². The van der Waals surface area contributed by atoms with Gasteiger partial charge in [-0.2, -0.15) is 4.98 Å². The summed E-state index contributed by atoms with van der Waals surface area (Å²) in [6.45, 7) is 9.07. The van der Waals surface area contributed by atoms with Crippen molar-refractivity contribution in [2.24, 2.45) is 0 Å². The van der Waals surface area contributed by atoms with E-state index in [0.29, 0.717) is 12.4 Å². The zero-order chi connectivity index (χ0) is 11.6. The van der Waals surface area contributed by atoms with Crippen LogP contribution < -0.4 is 10.2 Å². The Hall–Kier alpha value is -1.10. The zero-order valence-corrected chi connectivity index (χ0v) is 10.3. The molecule has 1 aliphatic heterocycles. The maximum absolute atomic E-state index is 5.21. The van der Waals surface area contributed by atoms with Gasteiger partial charge in [0.05, 0.1) is 6.54 Å². The van der Waals surface area contributed by atoms with Gasteiger partial charge in [0.25, 0.3) is 5.95 Å². The lowest BCUT2D eigenvalue weighted by Gasteiger charge is -2.18. The van der Waals surface area contributed by atoms with Gasteiger partial charge in [-0.25, -0.2) is 0 Å². The fourth-order valence-electron chi connectivity index (χ4n) is 1.70. The number of aromatic nitrogens is 2. The molecule has 1 aliphatic rings. The normalized spacial score (nSPS) is 17.1. The van der Waals surface area contributed by atoms with Crippen LogP contribution in [0.5, 0.6) is 0 Å². The highest BCUT2D eigenvalue weighted by atomic mass is 16.5. The number of hydrogen-bond donors (Lipinski definition) is 1. The summed E-state index contributed by atoms with van der Waals surface area (Å²) in [6.07, 6.45) is 2.45. The first-order valence-corrected chi connectivity index (χ1v) is 5.87. The fraction of sp³-hybridized carbons (Fsp3) is 0.818. The highest BCUT2D eigenvalue weighted by molar-refractivity contribution is 5.28. The molecule has 1 fully saturated rings. The van der Waals surface area contributed by atoms with Crippen molar-refractivity contribution in [1.82, 2.24) is 15.5 Å². The summed E-state index contributed by atoms with van der Waals surface area (Å²) in [4.78, 5) is 6.55. The molecule has 2 heterocycles. The van der Waals surface area contributed by atoms with Gasteiger partial charge in [-0.1, -0.05) is 0 Å². The Morgan fingerprint density at radius 1 is 1.31 bits per heavy atom. The van der Waals surface area contributed by atoms with Crippen molar-refractivity contribution in [2.45, 2.75) is 45.7 Å². The molecule has 0 bridgehead atoms. The first-order valence-electron chi connectivity index (χ1n) is 5.87. The topological polar surface area (TPSA) is 54.2 Å². The Bertz CT molecular complexity index is 336. The average Bonchev–Trinajstić information content (AvgIpc) is 2.84. The van der Waals surface area contributed by atoms with Crippen LogP contribution in [-0.4, -0.2) is 28.8 Å². The van der Waals surface area contributed by atoms with E-state index in [1.54, 1.807) is 0 Å². The van der Waals surface area contributed by atoms with Crippen molar-refractivity contribution < 1.29 is 4.52 Å². The molecular formula is C11H20N4O. The molecule has 0 spiro atoms. The van der Waals surface area contributed by atoms with E-state index in [1.165, 1.54) is 12.8 Å². The van der Waals surface area contributed by atoms with Gasteiger partial charge in [-0.05, 0) is 38.8 Å². The standard InChI is InChI=1S/C11H20N4O/c1-11(2,3)12-8-9-13-10(14-16-9)15-6-4-5-7-15/h12H,4-8H2,1-3H3. The predicted octanol–water partition coefficient (Wildman–Crippen LogP) is 1.56. The van der Waals surface area contributed by atoms with Crippen LogP contribution in [0.15, 0.2) is 4.52 Å². The monoisotopic (exact) mass is 224 g/mol. The molecular weight excluding hydrogens is 204 g/mol. The van der Waals surface area contributed by atoms with Crippen LogP contribution in [0.3, 0.4) is 0 Å². The molecule has 1 saturated heterocycles. The van der Waals surface area contributed by atoms with Gasteiger partial charge in [0.1, 0.15) is 0 Å².